The number of hydrogen-bond donors (Lipinski definition) is 3. The van der Waals surface area contributed by atoms with Crippen LogP contribution in [-0.4, -0.2) is 28.8 Å². The van der Waals surface area contributed by atoms with Gasteiger partial charge in [0.15, 0.2) is 0 Å². The molecule has 0 saturated heterocycles. The van der Waals surface area contributed by atoms with Crippen LogP contribution in [0.5, 0.6) is 0 Å². The zero-order valence-corrected chi connectivity index (χ0v) is 25.3. The fourth-order valence-electron chi connectivity index (χ4n) is 7.36. The van der Waals surface area contributed by atoms with Gasteiger partial charge in [-0.15, -0.1) is 0 Å². The quantitative estimate of drug-likeness (QED) is 0.114. The van der Waals surface area contributed by atoms with Crippen LogP contribution in [-0.2, 0) is 11.2 Å². The van der Waals surface area contributed by atoms with Crippen molar-refractivity contribution in [3.63, 3.8) is 0 Å². The van der Waals surface area contributed by atoms with Crippen molar-refractivity contribution in [1.29, 1.82) is 0 Å². The summed E-state index contributed by atoms with van der Waals surface area (Å²) in [5.41, 5.74) is 7.45. The summed E-state index contributed by atoms with van der Waals surface area (Å²) in [4.78, 5) is 12.6. The SMILES string of the molecule is CCCCCCC=CC[C@H](CCCCC)C[C@@H]1CC[C@@H](Cc2ccccc2)[C@H]([C@H](C(=O)O)[C@H](C)O)[C@H]1CCN. The van der Waals surface area contributed by atoms with E-state index in [4.69, 9.17) is 5.73 Å². The van der Waals surface area contributed by atoms with E-state index in [1.807, 2.05) is 6.07 Å². The van der Waals surface area contributed by atoms with Crippen molar-refractivity contribution in [1.82, 2.24) is 0 Å². The highest BCUT2D eigenvalue weighted by molar-refractivity contribution is 5.71. The third-order valence-electron chi connectivity index (χ3n) is 9.33. The van der Waals surface area contributed by atoms with Gasteiger partial charge in [0, 0.05) is 0 Å². The second kappa shape index (κ2) is 19.4. The Kier molecular flexibility index (Phi) is 16.7. The number of rotatable bonds is 20. The number of nitrogens with two attached hydrogens (primary N) is 1. The topological polar surface area (TPSA) is 83.5 Å². The highest BCUT2D eigenvalue weighted by Gasteiger charge is 2.47. The lowest BCUT2D eigenvalue weighted by molar-refractivity contribution is -0.153. The van der Waals surface area contributed by atoms with Gasteiger partial charge in [0.25, 0.3) is 0 Å². The molecule has 1 fully saturated rings. The molecule has 1 aromatic rings. The van der Waals surface area contributed by atoms with Crippen LogP contribution in [0.1, 0.15) is 116 Å². The first-order valence-electron chi connectivity index (χ1n) is 16.2. The van der Waals surface area contributed by atoms with E-state index < -0.39 is 18.0 Å². The fourth-order valence-corrected chi connectivity index (χ4v) is 7.36. The van der Waals surface area contributed by atoms with Gasteiger partial charge in [-0.2, -0.15) is 0 Å². The maximum absolute atomic E-state index is 12.6. The zero-order valence-electron chi connectivity index (χ0n) is 25.3. The molecular formula is C35H59NO3. The lowest BCUT2D eigenvalue weighted by Crippen LogP contribution is -2.47. The van der Waals surface area contributed by atoms with Gasteiger partial charge in [0.05, 0.1) is 12.0 Å². The summed E-state index contributed by atoms with van der Waals surface area (Å²) in [6.07, 6.45) is 21.5. The average Bonchev–Trinajstić information content (AvgIpc) is 2.91. The van der Waals surface area contributed by atoms with Crippen molar-refractivity contribution in [2.24, 2.45) is 41.2 Å². The molecule has 0 amide bonds. The predicted molar refractivity (Wildman–Crippen MR) is 165 cm³/mol. The van der Waals surface area contributed by atoms with E-state index >= 15 is 0 Å². The Balaban J connectivity index is 2.23. The number of carboxylic acid groups (broad SMARTS) is 1. The number of carbonyl (C=O) groups is 1. The van der Waals surface area contributed by atoms with Crippen molar-refractivity contribution in [2.45, 2.75) is 123 Å². The van der Waals surface area contributed by atoms with Crippen molar-refractivity contribution < 1.29 is 15.0 Å². The van der Waals surface area contributed by atoms with E-state index in [-0.39, 0.29) is 17.8 Å². The molecule has 0 aromatic heterocycles. The Morgan fingerprint density at radius 2 is 1.69 bits per heavy atom. The van der Waals surface area contributed by atoms with Gasteiger partial charge in [0.2, 0.25) is 0 Å². The molecule has 0 heterocycles. The highest BCUT2D eigenvalue weighted by Crippen LogP contribution is 2.49. The van der Waals surface area contributed by atoms with Crippen LogP contribution in [0.4, 0.5) is 0 Å². The molecule has 0 aliphatic heterocycles. The third kappa shape index (κ3) is 11.8. The summed E-state index contributed by atoms with van der Waals surface area (Å²) in [5, 5.41) is 21.0. The molecule has 1 saturated carbocycles. The Hall–Kier alpha value is -1.65. The monoisotopic (exact) mass is 541 g/mol. The smallest absolute Gasteiger partial charge is 0.309 e. The maximum atomic E-state index is 12.6. The van der Waals surface area contributed by atoms with E-state index in [1.54, 1.807) is 6.92 Å². The van der Waals surface area contributed by atoms with Crippen molar-refractivity contribution >= 4 is 5.97 Å². The summed E-state index contributed by atoms with van der Waals surface area (Å²) in [6.45, 7) is 6.76. The Morgan fingerprint density at radius 1 is 1.00 bits per heavy atom. The first-order chi connectivity index (χ1) is 18.9. The number of aliphatic hydroxyl groups excluding tert-OH is 1. The number of allylic oxidation sites excluding steroid dienone is 2. The lowest BCUT2D eigenvalue weighted by Gasteiger charge is -2.47. The molecule has 2 rings (SSSR count). The number of benzene rings is 1. The minimum absolute atomic E-state index is 0.0598. The minimum atomic E-state index is -0.874. The molecule has 0 spiro atoms. The van der Waals surface area contributed by atoms with Crippen molar-refractivity contribution in [2.75, 3.05) is 6.54 Å². The largest absolute Gasteiger partial charge is 0.481 e. The van der Waals surface area contributed by atoms with Gasteiger partial charge >= 0.3 is 5.97 Å². The number of aliphatic carboxylic acids is 1. The number of unbranched alkanes of at least 4 members (excludes halogenated alkanes) is 6. The highest BCUT2D eigenvalue weighted by atomic mass is 16.4. The van der Waals surface area contributed by atoms with Gasteiger partial charge in [0.1, 0.15) is 0 Å². The van der Waals surface area contributed by atoms with Gasteiger partial charge in [-0.05, 0) is 100.0 Å². The van der Waals surface area contributed by atoms with E-state index in [0.717, 1.165) is 38.5 Å². The molecule has 7 atom stereocenters. The molecule has 0 bridgehead atoms. The molecule has 1 aliphatic carbocycles. The van der Waals surface area contributed by atoms with Crippen LogP contribution in [0.2, 0.25) is 0 Å². The van der Waals surface area contributed by atoms with Gasteiger partial charge in [-0.25, -0.2) is 0 Å². The summed E-state index contributed by atoms with van der Waals surface area (Å²) in [6, 6.07) is 10.5. The second-order valence-corrected chi connectivity index (χ2v) is 12.4. The Morgan fingerprint density at radius 3 is 2.33 bits per heavy atom. The standard InChI is InChI=1S/C35H59NO3/c1-4-6-8-9-10-11-14-18-28(17-13-7-5-2)25-30-21-22-31(26-29-19-15-12-16-20-29)34(32(30)23-24-36)33(27(3)37)35(38)39/h11-12,14-16,19-20,27-28,30-34,37H,4-10,13,17-18,21-26,36H2,1-3H3,(H,38,39)/t27-,28-,30-,31-,32-,33+,34-/m0/s1. The average molecular weight is 542 g/mol. The van der Waals surface area contributed by atoms with Gasteiger partial charge < -0.3 is 15.9 Å². The van der Waals surface area contributed by atoms with Gasteiger partial charge in [-0.3, -0.25) is 4.79 Å². The van der Waals surface area contributed by atoms with Gasteiger partial charge in [-0.1, -0.05) is 101 Å². The van der Waals surface area contributed by atoms with Crippen LogP contribution in [0.3, 0.4) is 0 Å². The van der Waals surface area contributed by atoms with Crippen LogP contribution >= 0.6 is 0 Å². The molecule has 1 aliphatic rings. The third-order valence-corrected chi connectivity index (χ3v) is 9.33. The number of hydrogen-bond acceptors (Lipinski definition) is 3. The number of carboxylic acids is 1. The van der Waals surface area contributed by atoms with Crippen molar-refractivity contribution in [3.8, 4) is 0 Å². The molecule has 0 unspecified atom stereocenters. The molecule has 4 N–H and O–H groups in total. The molecule has 0 radical (unpaired) electrons. The zero-order chi connectivity index (χ0) is 28.5. The minimum Gasteiger partial charge on any atom is -0.481 e. The Bertz CT molecular complexity index is 792. The Labute approximate surface area is 239 Å². The van der Waals surface area contributed by atoms with Crippen LogP contribution in [0.25, 0.3) is 0 Å². The molecular weight excluding hydrogens is 482 g/mol. The molecule has 1 aromatic carbocycles. The van der Waals surface area contributed by atoms with E-state index in [2.05, 4.69) is 50.3 Å². The molecule has 39 heavy (non-hydrogen) atoms. The maximum Gasteiger partial charge on any atom is 0.309 e. The second-order valence-electron chi connectivity index (χ2n) is 12.4. The molecule has 4 nitrogen and oxygen atoms in total. The first kappa shape index (κ1) is 33.6. The van der Waals surface area contributed by atoms with E-state index in [9.17, 15) is 15.0 Å². The lowest BCUT2D eigenvalue weighted by atomic mass is 9.57. The fraction of sp³-hybridized carbons (Fsp3) is 0.743. The first-order valence-corrected chi connectivity index (χ1v) is 16.2. The van der Waals surface area contributed by atoms with E-state index in [0.29, 0.717) is 18.4 Å². The predicted octanol–water partition coefficient (Wildman–Crippen LogP) is 8.42. The van der Waals surface area contributed by atoms with Crippen LogP contribution < -0.4 is 5.73 Å². The molecule has 222 valence electrons. The summed E-state index contributed by atoms with van der Waals surface area (Å²) >= 11 is 0. The molecule has 4 heteroatoms. The van der Waals surface area contributed by atoms with Crippen molar-refractivity contribution in [3.05, 3.63) is 48.0 Å². The summed E-state index contributed by atoms with van der Waals surface area (Å²) in [7, 11) is 0. The summed E-state index contributed by atoms with van der Waals surface area (Å²) in [5.74, 6) is -0.0841. The normalized spacial score (nSPS) is 24.0. The van der Waals surface area contributed by atoms with Crippen LogP contribution in [0.15, 0.2) is 42.5 Å². The van der Waals surface area contributed by atoms with E-state index in [1.165, 1.54) is 63.4 Å². The summed E-state index contributed by atoms with van der Waals surface area (Å²) < 4.78 is 0. The van der Waals surface area contributed by atoms with Crippen LogP contribution in [0, 0.1) is 35.5 Å². The number of aliphatic hydroxyl groups is 1.